The van der Waals surface area contributed by atoms with Gasteiger partial charge in [0, 0.05) is 19.6 Å². The molecule has 1 aromatic heterocycles. The van der Waals surface area contributed by atoms with Crippen LogP contribution in [-0.2, 0) is 6.54 Å². The Balaban J connectivity index is 2.28. The molecule has 1 N–H and O–H groups in total. The minimum absolute atomic E-state index is 0.149. The van der Waals surface area contributed by atoms with E-state index in [9.17, 15) is 14.5 Å². The summed E-state index contributed by atoms with van der Waals surface area (Å²) in [7, 11) is 0. The molecule has 1 aromatic carbocycles. The van der Waals surface area contributed by atoms with Gasteiger partial charge in [0.2, 0.25) is 11.6 Å². The molecule has 0 aliphatic heterocycles. The summed E-state index contributed by atoms with van der Waals surface area (Å²) in [5.74, 6) is 0.110. The summed E-state index contributed by atoms with van der Waals surface area (Å²) in [6.07, 6.45) is 1.30. The van der Waals surface area contributed by atoms with Gasteiger partial charge in [-0.15, -0.1) is 0 Å². The van der Waals surface area contributed by atoms with Gasteiger partial charge in [0.05, 0.1) is 4.92 Å². The number of nitro groups is 1. The third-order valence-corrected chi connectivity index (χ3v) is 3.42. The molecule has 0 fully saturated rings. The summed E-state index contributed by atoms with van der Waals surface area (Å²) in [6.45, 7) is 5.31. The van der Waals surface area contributed by atoms with Crippen molar-refractivity contribution in [3.8, 4) is 0 Å². The number of rotatable bonds is 7. The minimum atomic E-state index is -0.485. The van der Waals surface area contributed by atoms with E-state index in [4.69, 9.17) is 0 Å². The van der Waals surface area contributed by atoms with Crippen LogP contribution in [-0.4, -0.2) is 28.0 Å². The molecule has 0 saturated heterocycles. The Labute approximate surface area is 133 Å². The van der Waals surface area contributed by atoms with Gasteiger partial charge in [-0.1, -0.05) is 12.1 Å². The van der Waals surface area contributed by atoms with E-state index in [1.54, 1.807) is 17.0 Å². The van der Waals surface area contributed by atoms with Crippen LogP contribution in [0, 0.1) is 15.9 Å². The maximum Gasteiger partial charge on any atom is 0.353 e. The maximum atomic E-state index is 12.9. The third-order valence-electron chi connectivity index (χ3n) is 3.42. The van der Waals surface area contributed by atoms with Crippen LogP contribution in [0.1, 0.15) is 19.4 Å². The Morgan fingerprint density at radius 3 is 2.43 bits per heavy atom. The smallest absolute Gasteiger partial charge is 0.353 e. The molecule has 0 amide bonds. The first-order valence-electron chi connectivity index (χ1n) is 7.29. The number of hydrogen-bond donors (Lipinski definition) is 1. The van der Waals surface area contributed by atoms with E-state index in [0.717, 1.165) is 5.56 Å². The summed E-state index contributed by atoms with van der Waals surface area (Å²) >= 11 is 0. The van der Waals surface area contributed by atoms with Gasteiger partial charge in [-0.25, -0.2) is 14.4 Å². The van der Waals surface area contributed by atoms with Crippen LogP contribution in [0.5, 0.6) is 0 Å². The van der Waals surface area contributed by atoms with Gasteiger partial charge < -0.3 is 10.2 Å². The number of anilines is 2. The van der Waals surface area contributed by atoms with Gasteiger partial charge in [-0.3, -0.25) is 10.1 Å². The molecule has 0 spiro atoms. The molecule has 0 aliphatic rings. The molecule has 122 valence electrons. The third kappa shape index (κ3) is 3.91. The van der Waals surface area contributed by atoms with Crippen molar-refractivity contribution in [2.24, 2.45) is 0 Å². The number of nitrogens with zero attached hydrogens (tertiary/aromatic N) is 4. The second kappa shape index (κ2) is 7.48. The Morgan fingerprint density at radius 2 is 1.87 bits per heavy atom. The minimum Gasteiger partial charge on any atom is -0.360 e. The molecule has 0 aliphatic carbocycles. The zero-order valence-electron chi connectivity index (χ0n) is 13.0. The van der Waals surface area contributed by atoms with Gasteiger partial charge in [0.25, 0.3) is 0 Å². The molecule has 0 saturated carbocycles. The first-order valence-corrected chi connectivity index (χ1v) is 7.29. The summed E-state index contributed by atoms with van der Waals surface area (Å²) in [5, 5.41) is 14.4. The van der Waals surface area contributed by atoms with Crippen molar-refractivity contribution in [2.75, 3.05) is 23.3 Å². The standard InChI is InChI=1S/C15H18FN5O2/c1-3-20(4-2)15-13(21(22)23)14(18-10-19-15)17-9-11-5-7-12(16)8-6-11/h5-8,10H,3-4,9H2,1-2H3,(H,17,18,19). The summed E-state index contributed by atoms with van der Waals surface area (Å²) in [4.78, 5) is 20.8. The highest BCUT2D eigenvalue weighted by Gasteiger charge is 2.25. The zero-order valence-corrected chi connectivity index (χ0v) is 13.0. The number of aromatic nitrogens is 2. The first kappa shape index (κ1) is 16.6. The largest absolute Gasteiger partial charge is 0.360 e. The van der Waals surface area contributed by atoms with Crippen molar-refractivity contribution >= 4 is 17.3 Å². The Morgan fingerprint density at radius 1 is 1.22 bits per heavy atom. The van der Waals surface area contributed by atoms with Crippen LogP contribution in [0.25, 0.3) is 0 Å². The van der Waals surface area contributed by atoms with E-state index in [2.05, 4.69) is 15.3 Å². The topological polar surface area (TPSA) is 84.2 Å². The van der Waals surface area contributed by atoms with Gasteiger partial charge in [-0.05, 0) is 31.5 Å². The van der Waals surface area contributed by atoms with Gasteiger partial charge in [0.1, 0.15) is 12.1 Å². The molecule has 2 rings (SSSR count). The number of hydrogen-bond acceptors (Lipinski definition) is 6. The lowest BCUT2D eigenvalue weighted by Gasteiger charge is -2.20. The van der Waals surface area contributed by atoms with E-state index in [-0.39, 0.29) is 23.1 Å². The van der Waals surface area contributed by atoms with Crippen LogP contribution in [0.4, 0.5) is 21.7 Å². The summed E-state index contributed by atoms with van der Waals surface area (Å²) in [5.41, 5.74) is 0.641. The molecule has 0 bridgehead atoms. The predicted molar refractivity (Wildman–Crippen MR) is 86.0 cm³/mol. The molecule has 23 heavy (non-hydrogen) atoms. The van der Waals surface area contributed by atoms with Crippen LogP contribution in [0.15, 0.2) is 30.6 Å². The second-order valence-electron chi connectivity index (χ2n) is 4.80. The maximum absolute atomic E-state index is 12.9. The van der Waals surface area contributed by atoms with Crippen molar-refractivity contribution in [3.63, 3.8) is 0 Å². The summed E-state index contributed by atoms with van der Waals surface area (Å²) < 4.78 is 12.9. The number of benzene rings is 1. The number of halogens is 1. The fraction of sp³-hybridized carbons (Fsp3) is 0.333. The van der Waals surface area contributed by atoms with Gasteiger partial charge in [-0.2, -0.15) is 0 Å². The molecule has 0 atom stereocenters. The SMILES string of the molecule is CCN(CC)c1ncnc(NCc2ccc(F)cc2)c1[N+](=O)[O-]. The van der Waals surface area contributed by atoms with E-state index in [1.807, 2.05) is 13.8 Å². The quantitative estimate of drug-likeness (QED) is 0.624. The highest BCUT2D eigenvalue weighted by molar-refractivity contribution is 5.70. The Kier molecular flexibility index (Phi) is 5.40. The highest BCUT2D eigenvalue weighted by atomic mass is 19.1. The van der Waals surface area contributed by atoms with Crippen molar-refractivity contribution in [1.29, 1.82) is 0 Å². The fourth-order valence-corrected chi connectivity index (χ4v) is 2.21. The van der Waals surface area contributed by atoms with Crippen LogP contribution in [0.3, 0.4) is 0 Å². The van der Waals surface area contributed by atoms with Gasteiger partial charge in [0.15, 0.2) is 0 Å². The molecule has 7 nitrogen and oxygen atoms in total. The lowest BCUT2D eigenvalue weighted by Crippen LogP contribution is -2.24. The molecule has 0 radical (unpaired) electrons. The van der Waals surface area contributed by atoms with E-state index in [0.29, 0.717) is 19.6 Å². The normalized spacial score (nSPS) is 10.4. The van der Waals surface area contributed by atoms with E-state index < -0.39 is 4.92 Å². The van der Waals surface area contributed by atoms with Crippen LogP contribution >= 0.6 is 0 Å². The second-order valence-corrected chi connectivity index (χ2v) is 4.80. The van der Waals surface area contributed by atoms with Gasteiger partial charge >= 0.3 is 5.69 Å². The number of nitrogens with one attached hydrogen (secondary N) is 1. The zero-order chi connectivity index (χ0) is 16.8. The Bertz CT molecular complexity index is 674. The molecular weight excluding hydrogens is 301 g/mol. The Hall–Kier alpha value is -2.77. The molecule has 2 aromatic rings. The molecule has 8 heteroatoms. The lowest BCUT2D eigenvalue weighted by molar-refractivity contribution is -0.383. The summed E-state index contributed by atoms with van der Waals surface area (Å²) in [6, 6.07) is 5.90. The monoisotopic (exact) mass is 319 g/mol. The fourth-order valence-electron chi connectivity index (χ4n) is 2.21. The van der Waals surface area contributed by atoms with Crippen molar-refractivity contribution in [1.82, 2.24) is 9.97 Å². The van der Waals surface area contributed by atoms with E-state index in [1.165, 1.54) is 18.5 Å². The molecular formula is C15H18FN5O2. The van der Waals surface area contributed by atoms with E-state index >= 15 is 0 Å². The predicted octanol–water partition coefficient (Wildman–Crippen LogP) is 2.98. The first-order chi connectivity index (χ1) is 11.1. The van der Waals surface area contributed by atoms with Crippen LogP contribution in [0.2, 0.25) is 0 Å². The average Bonchev–Trinajstić information content (AvgIpc) is 2.55. The molecule has 1 heterocycles. The van der Waals surface area contributed by atoms with Crippen molar-refractivity contribution in [3.05, 3.63) is 52.1 Å². The lowest BCUT2D eigenvalue weighted by atomic mass is 10.2. The van der Waals surface area contributed by atoms with Crippen LogP contribution < -0.4 is 10.2 Å². The van der Waals surface area contributed by atoms with Crippen molar-refractivity contribution < 1.29 is 9.31 Å². The highest BCUT2D eigenvalue weighted by Crippen LogP contribution is 2.31. The average molecular weight is 319 g/mol. The van der Waals surface area contributed by atoms with Crippen molar-refractivity contribution in [2.45, 2.75) is 20.4 Å². The molecule has 0 unspecified atom stereocenters.